The zero-order valence-electron chi connectivity index (χ0n) is 13.1. The number of hydrogen-bond donors (Lipinski definition) is 0. The Morgan fingerprint density at radius 2 is 1.68 bits per heavy atom. The van der Waals surface area contributed by atoms with Crippen LogP contribution in [0.2, 0.25) is 0 Å². The topological polar surface area (TPSA) is 0 Å². The molecule has 0 saturated carbocycles. The third kappa shape index (κ3) is 1.30. The van der Waals surface area contributed by atoms with E-state index in [1.165, 1.54) is 31.7 Å². The predicted molar refractivity (Wildman–Crippen MR) is 95.7 cm³/mol. The minimum Gasteiger partial charge on any atom is -0.135 e. The molecule has 3 aromatic rings. The molecule has 1 atom stereocenters. The van der Waals surface area contributed by atoms with Gasteiger partial charge in [-0.2, -0.15) is 0 Å². The number of fused-ring (bicyclic) bond motifs is 6. The Morgan fingerprint density at radius 1 is 0.955 bits per heavy atom. The van der Waals surface area contributed by atoms with Crippen LogP contribution in [-0.4, -0.2) is 0 Å². The van der Waals surface area contributed by atoms with Gasteiger partial charge in [0.15, 0.2) is 0 Å². The largest absolute Gasteiger partial charge is 0.135 e. The summed E-state index contributed by atoms with van der Waals surface area (Å²) in [5.74, 6) is 0.517. The van der Waals surface area contributed by atoms with E-state index in [4.69, 9.17) is 0 Å². The first kappa shape index (κ1) is 12.7. The van der Waals surface area contributed by atoms with E-state index in [9.17, 15) is 0 Å². The van der Waals surface area contributed by atoms with Gasteiger partial charge in [0.25, 0.3) is 0 Å². The van der Waals surface area contributed by atoms with Crippen LogP contribution in [0, 0.1) is 0 Å². The molecule has 0 bridgehead atoms. The maximum Gasteiger partial charge on any atom is 0.0399 e. The average molecular weight is 302 g/mol. The minimum absolute atomic E-state index is 0.144. The lowest BCUT2D eigenvalue weighted by molar-refractivity contribution is 0.595. The molecule has 108 valence electrons. The van der Waals surface area contributed by atoms with E-state index < -0.39 is 0 Å². The van der Waals surface area contributed by atoms with Crippen molar-refractivity contribution in [2.75, 3.05) is 0 Å². The molecule has 0 fully saturated rings. The predicted octanol–water partition coefficient (Wildman–Crippen LogP) is 6.11. The second kappa shape index (κ2) is 3.91. The molecule has 1 unspecified atom stereocenters. The number of allylic oxidation sites excluding steroid dienone is 1. The fourth-order valence-corrected chi connectivity index (χ4v) is 6.05. The van der Waals surface area contributed by atoms with Gasteiger partial charge in [-0.25, -0.2) is 0 Å². The number of hydrogen-bond acceptors (Lipinski definition) is 1. The van der Waals surface area contributed by atoms with Crippen molar-refractivity contribution in [3.05, 3.63) is 75.7 Å². The molecule has 1 heteroatoms. The Bertz CT molecular complexity index is 968. The van der Waals surface area contributed by atoms with Crippen molar-refractivity contribution in [3.8, 4) is 0 Å². The zero-order valence-corrected chi connectivity index (χ0v) is 13.9. The Kier molecular flexibility index (Phi) is 2.25. The highest BCUT2D eigenvalue weighted by Gasteiger charge is 2.46. The van der Waals surface area contributed by atoms with E-state index in [2.05, 4.69) is 69.3 Å². The average Bonchev–Trinajstić information content (AvgIpc) is 3.09. The summed E-state index contributed by atoms with van der Waals surface area (Å²) >= 11 is 1.97. The van der Waals surface area contributed by atoms with Gasteiger partial charge in [-0.3, -0.25) is 0 Å². The van der Waals surface area contributed by atoms with E-state index in [-0.39, 0.29) is 5.41 Å². The van der Waals surface area contributed by atoms with Crippen LogP contribution in [0.25, 0.3) is 15.7 Å². The molecule has 0 aliphatic heterocycles. The molecule has 5 rings (SSSR count). The Labute approximate surface area is 135 Å². The van der Waals surface area contributed by atoms with E-state index in [0.29, 0.717) is 5.92 Å². The summed E-state index contributed by atoms with van der Waals surface area (Å²) in [6, 6.07) is 17.9. The van der Waals surface area contributed by atoms with E-state index in [1.807, 2.05) is 11.3 Å². The zero-order chi connectivity index (χ0) is 15.1. The lowest BCUT2D eigenvalue weighted by Crippen LogP contribution is -2.19. The molecule has 1 heterocycles. The summed E-state index contributed by atoms with van der Waals surface area (Å²) in [4.78, 5) is 1.52. The fraction of sp³-hybridized carbons (Fsp3) is 0.238. The first-order valence-corrected chi connectivity index (χ1v) is 8.78. The molecule has 1 aromatic heterocycles. The summed E-state index contributed by atoms with van der Waals surface area (Å²) in [5.41, 5.74) is 7.82. The normalized spacial score (nSPS) is 21.1. The Morgan fingerprint density at radius 3 is 2.55 bits per heavy atom. The van der Waals surface area contributed by atoms with Gasteiger partial charge in [-0.1, -0.05) is 63.2 Å². The number of benzene rings is 2. The van der Waals surface area contributed by atoms with Crippen LogP contribution in [0.1, 0.15) is 48.3 Å². The lowest BCUT2D eigenvalue weighted by atomic mass is 9.75. The van der Waals surface area contributed by atoms with E-state index in [1.54, 1.807) is 11.1 Å². The smallest absolute Gasteiger partial charge is 0.0399 e. The third-order valence-corrected chi connectivity index (χ3v) is 6.74. The molecule has 0 radical (unpaired) electrons. The van der Waals surface area contributed by atoms with Crippen LogP contribution in [0.4, 0.5) is 0 Å². The van der Waals surface area contributed by atoms with Crippen molar-refractivity contribution in [3.63, 3.8) is 0 Å². The van der Waals surface area contributed by atoms with Crippen LogP contribution in [0.3, 0.4) is 0 Å². The second-order valence-corrected chi connectivity index (χ2v) is 8.07. The monoisotopic (exact) mass is 302 g/mol. The number of rotatable bonds is 0. The van der Waals surface area contributed by atoms with Crippen LogP contribution in [0.15, 0.2) is 54.1 Å². The molecule has 2 aliphatic rings. The third-order valence-electron chi connectivity index (χ3n) is 5.54. The van der Waals surface area contributed by atoms with Crippen molar-refractivity contribution >= 4 is 27.0 Å². The van der Waals surface area contributed by atoms with Crippen LogP contribution in [-0.2, 0) is 5.41 Å². The molecule has 0 nitrogen and oxygen atoms in total. The highest BCUT2D eigenvalue weighted by molar-refractivity contribution is 7.20. The standard InChI is InChI=1S/C21H18S/c1-12-17-14-9-5-7-11-16(14)22-20(17)18-13-8-4-6-10-15(13)21(2,3)19(12)18/h4-12H,1-3H3. The highest BCUT2D eigenvalue weighted by atomic mass is 32.1. The van der Waals surface area contributed by atoms with Gasteiger partial charge in [0.2, 0.25) is 0 Å². The summed E-state index contributed by atoms with van der Waals surface area (Å²) in [5, 5.41) is 1.46. The molecule has 0 spiro atoms. The summed E-state index contributed by atoms with van der Waals surface area (Å²) in [7, 11) is 0. The van der Waals surface area contributed by atoms with Gasteiger partial charge in [0.1, 0.15) is 0 Å². The van der Waals surface area contributed by atoms with Gasteiger partial charge in [0, 0.05) is 26.5 Å². The molecular weight excluding hydrogens is 284 g/mol. The highest BCUT2D eigenvalue weighted by Crippen LogP contribution is 2.61. The van der Waals surface area contributed by atoms with Gasteiger partial charge in [0.05, 0.1) is 0 Å². The van der Waals surface area contributed by atoms with Crippen LogP contribution >= 0.6 is 11.3 Å². The van der Waals surface area contributed by atoms with E-state index in [0.717, 1.165) is 0 Å². The molecule has 0 amide bonds. The van der Waals surface area contributed by atoms with Crippen LogP contribution < -0.4 is 0 Å². The summed E-state index contributed by atoms with van der Waals surface area (Å²) in [6.07, 6.45) is 0. The van der Waals surface area contributed by atoms with Gasteiger partial charge in [-0.05, 0) is 33.7 Å². The minimum atomic E-state index is 0.144. The van der Waals surface area contributed by atoms with Gasteiger partial charge in [-0.15, -0.1) is 11.3 Å². The van der Waals surface area contributed by atoms with Crippen molar-refractivity contribution in [2.24, 2.45) is 0 Å². The maximum atomic E-state index is 2.40. The molecule has 0 saturated heterocycles. The van der Waals surface area contributed by atoms with E-state index >= 15 is 0 Å². The van der Waals surface area contributed by atoms with Crippen molar-refractivity contribution in [1.82, 2.24) is 0 Å². The molecule has 22 heavy (non-hydrogen) atoms. The summed E-state index contributed by atoms with van der Waals surface area (Å²) in [6.45, 7) is 7.18. The first-order valence-electron chi connectivity index (χ1n) is 7.97. The van der Waals surface area contributed by atoms with Crippen molar-refractivity contribution in [1.29, 1.82) is 0 Å². The lowest BCUT2D eigenvalue weighted by Gasteiger charge is -2.27. The fourth-order valence-electron chi connectivity index (χ4n) is 4.68. The maximum absolute atomic E-state index is 2.40. The summed E-state index contributed by atoms with van der Waals surface area (Å²) < 4.78 is 1.42. The molecule has 0 N–H and O–H groups in total. The van der Waals surface area contributed by atoms with Gasteiger partial charge >= 0.3 is 0 Å². The molecule has 2 aliphatic carbocycles. The number of thiophene rings is 1. The second-order valence-electron chi connectivity index (χ2n) is 7.02. The SMILES string of the molecule is CC1C2=C(c3ccccc3C2(C)C)c2sc3ccccc3c21. The van der Waals surface area contributed by atoms with Crippen molar-refractivity contribution in [2.45, 2.75) is 32.1 Å². The van der Waals surface area contributed by atoms with Gasteiger partial charge < -0.3 is 0 Å². The first-order chi connectivity index (χ1) is 10.6. The van der Waals surface area contributed by atoms with Crippen molar-refractivity contribution < 1.29 is 0 Å². The molecular formula is C21H18S. The Balaban J connectivity index is 1.90. The molecule has 2 aromatic carbocycles. The van der Waals surface area contributed by atoms with Crippen LogP contribution in [0.5, 0.6) is 0 Å². The Hall–Kier alpha value is -1.86. The quantitative estimate of drug-likeness (QED) is 0.470.